The lowest BCUT2D eigenvalue weighted by Crippen LogP contribution is -2.63. The molecule has 170 valence electrons. The molecule has 1 aliphatic rings. The van der Waals surface area contributed by atoms with Crippen LogP contribution >= 0.6 is 0 Å². The van der Waals surface area contributed by atoms with Gasteiger partial charge in [-0.2, -0.15) is 44.6 Å². The fourth-order valence-electron chi connectivity index (χ4n) is 2.96. The summed E-state index contributed by atoms with van der Waals surface area (Å²) in [5.41, 5.74) is -2.61. The lowest BCUT2D eigenvalue weighted by atomic mass is 9.93. The van der Waals surface area contributed by atoms with E-state index in [0.29, 0.717) is 5.39 Å². The molecule has 3 rings (SSSR count). The molecule has 1 heterocycles. The highest BCUT2D eigenvalue weighted by molar-refractivity contribution is 6.08. The van der Waals surface area contributed by atoms with Crippen LogP contribution in [0.3, 0.4) is 0 Å². The van der Waals surface area contributed by atoms with Crippen LogP contribution in [0, 0.1) is 0 Å². The number of morpholine rings is 1. The van der Waals surface area contributed by atoms with Crippen molar-refractivity contribution in [3.8, 4) is 0 Å². The Bertz CT molecular complexity index is 966. The number of halogens is 9. The summed E-state index contributed by atoms with van der Waals surface area (Å²) >= 11 is 0. The van der Waals surface area contributed by atoms with Crippen molar-refractivity contribution in [1.82, 2.24) is 5.01 Å². The van der Waals surface area contributed by atoms with Gasteiger partial charge in [0.05, 0.1) is 26.3 Å². The Morgan fingerprint density at radius 2 is 1.35 bits per heavy atom. The van der Waals surface area contributed by atoms with E-state index in [1.54, 1.807) is 12.1 Å². The second-order valence-corrected chi connectivity index (χ2v) is 6.80. The number of hydrogen-bond acceptors (Lipinski definition) is 3. The molecular formula is C19H15F9N2O. The topological polar surface area (TPSA) is 24.8 Å². The maximum absolute atomic E-state index is 14.8. The summed E-state index contributed by atoms with van der Waals surface area (Å²) in [4.78, 5) is 0. The van der Waals surface area contributed by atoms with Crippen LogP contribution in [-0.4, -0.2) is 61.0 Å². The van der Waals surface area contributed by atoms with E-state index in [9.17, 15) is 39.5 Å². The average molecular weight is 458 g/mol. The third-order valence-electron chi connectivity index (χ3n) is 4.69. The van der Waals surface area contributed by atoms with Gasteiger partial charge in [-0.05, 0) is 16.8 Å². The van der Waals surface area contributed by atoms with Gasteiger partial charge in [0.25, 0.3) is 0 Å². The molecule has 1 fully saturated rings. The van der Waals surface area contributed by atoms with Crippen molar-refractivity contribution < 1.29 is 44.3 Å². The Kier molecular flexibility index (Phi) is 5.89. The minimum atomic E-state index is -7.01. The zero-order valence-corrected chi connectivity index (χ0v) is 15.6. The summed E-state index contributed by atoms with van der Waals surface area (Å²) in [7, 11) is 0. The van der Waals surface area contributed by atoms with Gasteiger partial charge in [0, 0.05) is 5.56 Å². The summed E-state index contributed by atoms with van der Waals surface area (Å²) in [6.07, 6.45) is -6.91. The van der Waals surface area contributed by atoms with Crippen molar-refractivity contribution in [3.63, 3.8) is 0 Å². The predicted octanol–water partition coefficient (Wildman–Crippen LogP) is 5.34. The van der Waals surface area contributed by atoms with Crippen LogP contribution in [0.15, 0.2) is 47.6 Å². The standard InChI is InChI=1S/C19H15F9N2O/c20-16(21,17(22,23)18(24,25)19(26,27)28)15(29-30-7-9-31-10-8-30)14-6-5-12-3-1-2-4-13(12)11-14/h1-6,11H,7-10H2/b29-15-. The fourth-order valence-corrected chi connectivity index (χ4v) is 2.96. The molecule has 3 nitrogen and oxygen atoms in total. The van der Waals surface area contributed by atoms with E-state index >= 15 is 0 Å². The maximum atomic E-state index is 14.8. The van der Waals surface area contributed by atoms with E-state index in [1.165, 1.54) is 18.2 Å². The minimum Gasteiger partial charge on any atom is -0.378 e. The molecule has 0 bridgehead atoms. The molecular weight excluding hydrogens is 443 g/mol. The highest BCUT2D eigenvalue weighted by Crippen LogP contribution is 2.54. The third kappa shape index (κ3) is 4.04. The molecule has 12 heteroatoms. The van der Waals surface area contributed by atoms with Crippen LogP contribution in [0.25, 0.3) is 10.8 Å². The molecule has 0 spiro atoms. The van der Waals surface area contributed by atoms with Gasteiger partial charge in [0.1, 0.15) is 5.71 Å². The van der Waals surface area contributed by atoms with E-state index in [-0.39, 0.29) is 31.7 Å². The van der Waals surface area contributed by atoms with E-state index < -0.39 is 35.2 Å². The van der Waals surface area contributed by atoms with Crippen molar-refractivity contribution in [2.75, 3.05) is 26.3 Å². The van der Waals surface area contributed by atoms with E-state index in [4.69, 9.17) is 4.74 Å². The SMILES string of the molecule is FC(F)(F)C(F)(F)C(F)(F)C(F)(F)/C(=N\N1CCOCC1)c1ccc2ccccc2c1. The molecule has 31 heavy (non-hydrogen) atoms. The number of alkyl halides is 9. The molecule has 2 aromatic rings. The highest BCUT2D eigenvalue weighted by atomic mass is 19.4. The van der Waals surface area contributed by atoms with Gasteiger partial charge < -0.3 is 4.74 Å². The van der Waals surface area contributed by atoms with Gasteiger partial charge in [-0.25, -0.2) is 0 Å². The van der Waals surface area contributed by atoms with Crippen LogP contribution in [0.5, 0.6) is 0 Å². The lowest BCUT2D eigenvalue weighted by molar-refractivity contribution is -0.384. The Hall–Kier alpha value is -2.50. The summed E-state index contributed by atoms with van der Waals surface area (Å²) in [6, 6.07) is 9.26. The molecule has 1 aliphatic heterocycles. The van der Waals surface area contributed by atoms with Crippen LogP contribution < -0.4 is 0 Å². The van der Waals surface area contributed by atoms with Crippen LogP contribution in [0.4, 0.5) is 39.5 Å². The zero-order valence-electron chi connectivity index (χ0n) is 15.6. The number of hydrazone groups is 1. The fraction of sp³-hybridized carbons (Fsp3) is 0.421. The van der Waals surface area contributed by atoms with Crippen molar-refractivity contribution in [2.45, 2.75) is 23.9 Å². The number of benzene rings is 2. The normalized spacial score (nSPS) is 17.3. The second kappa shape index (κ2) is 7.88. The van der Waals surface area contributed by atoms with E-state index in [2.05, 4.69) is 5.10 Å². The second-order valence-electron chi connectivity index (χ2n) is 6.80. The minimum absolute atomic E-state index is 0.0187. The Morgan fingerprint density at radius 1 is 0.774 bits per heavy atom. The average Bonchev–Trinajstić information content (AvgIpc) is 2.71. The van der Waals surface area contributed by atoms with E-state index in [0.717, 1.165) is 17.1 Å². The molecule has 0 atom stereocenters. The summed E-state index contributed by atoms with van der Waals surface area (Å²) in [6.45, 7) is -0.326. The van der Waals surface area contributed by atoms with E-state index in [1.807, 2.05) is 0 Å². The first-order valence-corrected chi connectivity index (χ1v) is 8.90. The first-order valence-electron chi connectivity index (χ1n) is 8.90. The van der Waals surface area contributed by atoms with Crippen LogP contribution in [0.1, 0.15) is 5.56 Å². The predicted molar refractivity (Wildman–Crippen MR) is 93.8 cm³/mol. The van der Waals surface area contributed by atoms with Gasteiger partial charge in [0.15, 0.2) is 0 Å². The van der Waals surface area contributed by atoms with Crippen LogP contribution in [0.2, 0.25) is 0 Å². The summed E-state index contributed by atoms with van der Waals surface area (Å²) < 4.78 is 128. The van der Waals surface area contributed by atoms with Gasteiger partial charge >= 0.3 is 23.9 Å². The largest absolute Gasteiger partial charge is 0.460 e. The van der Waals surface area contributed by atoms with Crippen LogP contribution in [-0.2, 0) is 4.74 Å². The number of fused-ring (bicyclic) bond motifs is 1. The van der Waals surface area contributed by atoms with Gasteiger partial charge in [-0.15, -0.1) is 0 Å². The lowest BCUT2D eigenvalue weighted by Gasteiger charge is -2.35. The third-order valence-corrected chi connectivity index (χ3v) is 4.69. The number of hydrogen-bond donors (Lipinski definition) is 0. The first kappa shape index (κ1) is 23.2. The number of nitrogens with zero attached hydrogens (tertiary/aromatic N) is 2. The van der Waals surface area contributed by atoms with Gasteiger partial charge in [-0.3, -0.25) is 5.01 Å². The molecule has 0 aromatic heterocycles. The smallest absolute Gasteiger partial charge is 0.378 e. The highest BCUT2D eigenvalue weighted by Gasteiger charge is 2.83. The summed E-state index contributed by atoms with van der Waals surface area (Å²) in [5.74, 6) is -19.8. The maximum Gasteiger partial charge on any atom is 0.460 e. The number of ether oxygens (including phenoxy) is 1. The van der Waals surface area contributed by atoms with Gasteiger partial charge in [0.2, 0.25) is 0 Å². The molecule has 0 radical (unpaired) electrons. The molecule has 0 saturated carbocycles. The monoisotopic (exact) mass is 458 g/mol. The van der Waals surface area contributed by atoms with Crippen molar-refractivity contribution in [2.24, 2.45) is 5.10 Å². The first-order chi connectivity index (χ1) is 14.3. The van der Waals surface area contributed by atoms with Crippen molar-refractivity contribution in [1.29, 1.82) is 0 Å². The van der Waals surface area contributed by atoms with Crippen molar-refractivity contribution >= 4 is 16.5 Å². The molecule has 0 unspecified atom stereocenters. The molecule has 0 N–H and O–H groups in total. The Morgan fingerprint density at radius 3 is 1.94 bits per heavy atom. The Labute approximate surface area is 170 Å². The van der Waals surface area contributed by atoms with Crippen molar-refractivity contribution in [3.05, 3.63) is 48.0 Å². The quantitative estimate of drug-likeness (QED) is 0.446. The van der Waals surface area contributed by atoms with Gasteiger partial charge in [-0.1, -0.05) is 36.4 Å². The molecule has 0 aliphatic carbocycles. The summed E-state index contributed by atoms with van der Waals surface area (Å²) in [5, 5.41) is 5.03. The number of rotatable bonds is 5. The molecule has 1 saturated heterocycles. The Balaban J connectivity index is 2.17. The zero-order chi connectivity index (χ0) is 23.1. The molecule has 2 aromatic carbocycles. The molecule has 0 amide bonds.